The van der Waals surface area contributed by atoms with Gasteiger partial charge >= 0.3 is 0 Å². The van der Waals surface area contributed by atoms with Gasteiger partial charge in [0, 0.05) is 41.0 Å². The van der Waals surface area contributed by atoms with Gasteiger partial charge in [0.25, 0.3) is 5.91 Å². The molecule has 32 heavy (non-hydrogen) atoms. The fourth-order valence-corrected chi connectivity index (χ4v) is 4.43. The summed E-state index contributed by atoms with van der Waals surface area (Å²) in [6.07, 6.45) is 13.3. The Bertz CT molecular complexity index is 1310. The summed E-state index contributed by atoms with van der Waals surface area (Å²) in [5.41, 5.74) is 2.77. The van der Waals surface area contributed by atoms with E-state index in [1.807, 2.05) is 30.1 Å². The van der Waals surface area contributed by atoms with E-state index in [9.17, 15) is 9.18 Å². The third-order valence-corrected chi connectivity index (χ3v) is 6.21. The molecule has 1 aliphatic carbocycles. The highest BCUT2D eigenvalue weighted by Crippen LogP contribution is 2.34. The van der Waals surface area contributed by atoms with Gasteiger partial charge in [-0.2, -0.15) is 4.39 Å². The molecular weight excluding hydrogens is 495 g/mol. The SMILES string of the molecule is O=C(Nc1nc(/C=C/c2cn(C3CC3)cn2)cs1)c1cc(Br)cn1Cc1ccnc(F)c1. The van der Waals surface area contributed by atoms with Crippen LogP contribution in [0.5, 0.6) is 0 Å². The van der Waals surface area contributed by atoms with Crippen molar-refractivity contribution in [2.24, 2.45) is 0 Å². The molecule has 4 aromatic heterocycles. The number of anilines is 1. The molecule has 4 heterocycles. The summed E-state index contributed by atoms with van der Waals surface area (Å²) in [6.45, 7) is 0.340. The number of halogens is 2. The Labute approximate surface area is 195 Å². The highest BCUT2D eigenvalue weighted by atomic mass is 79.9. The zero-order valence-electron chi connectivity index (χ0n) is 16.8. The molecule has 162 valence electrons. The Kier molecular flexibility index (Phi) is 5.71. The van der Waals surface area contributed by atoms with E-state index in [-0.39, 0.29) is 5.91 Å². The van der Waals surface area contributed by atoms with E-state index >= 15 is 0 Å². The Morgan fingerprint density at radius 2 is 2.09 bits per heavy atom. The Hall–Kier alpha value is -3.11. The second-order valence-corrected chi connectivity index (χ2v) is 9.27. The van der Waals surface area contributed by atoms with Crippen LogP contribution >= 0.6 is 27.3 Å². The van der Waals surface area contributed by atoms with Crippen LogP contribution in [0.15, 0.2) is 53.0 Å². The number of rotatable bonds is 7. The lowest BCUT2D eigenvalue weighted by Gasteiger charge is -2.08. The van der Waals surface area contributed by atoms with Crippen LogP contribution in [0.1, 0.15) is 46.3 Å². The molecule has 10 heteroatoms. The van der Waals surface area contributed by atoms with Crippen molar-refractivity contribution < 1.29 is 9.18 Å². The summed E-state index contributed by atoms with van der Waals surface area (Å²) in [4.78, 5) is 25.3. The molecular formula is C22H18BrFN6OS. The maximum atomic E-state index is 13.4. The summed E-state index contributed by atoms with van der Waals surface area (Å²) < 4.78 is 18.1. The van der Waals surface area contributed by atoms with Crippen LogP contribution in [0.25, 0.3) is 12.2 Å². The van der Waals surface area contributed by atoms with Gasteiger partial charge in [-0.05, 0) is 64.7 Å². The number of amides is 1. The molecule has 0 spiro atoms. The topological polar surface area (TPSA) is 77.6 Å². The van der Waals surface area contributed by atoms with Gasteiger partial charge in [-0.25, -0.2) is 15.0 Å². The van der Waals surface area contributed by atoms with Crippen molar-refractivity contribution >= 4 is 50.5 Å². The quantitative estimate of drug-likeness (QED) is 0.343. The predicted octanol–water partition coefficient (Wildman–Crippen LogP) is 5.24. The molecule has 0 radical (unpaired) electrons. The van der Waals surface area contributed by atoms with Gasteiger partial charge in [0.05, 0.1) is 17.7 Å². The summed E-state index contributed by atoms with van der Waals surface area (Å²) in [6, 6.07) is 5.38. The summed E-state index contributed by atoms with van der Waals surface area (Å²) in [5, 5.41) is 5.21. The normalized spacial score (nSPS) is 13.7. The predicted molar refractivity (Wildman–Crippen MR) is 125 cm³/mol. The van der Waals surface area contributed by atoms with Gasteiger partial charge in [-0.1, -0.05) is 0 Å². The van der Waals surface area contributed by atoms with Crippen molar-refractivity contribution in [1.82, 2.24) is 24.1 Å². The molecule has 0 aliphatic heterocycles. The summed E-state index contributed by atoms with van der Waals surface area (Å²) in [7, 11) is 0. The van der Waals surface area contributed by atoms with Crippen molar-refractivity contribution in [3.63, 3.8) is 0 Å². The van der Waals surface area contributed by atoms with E-state index in [2.05, 4.69) is 40.8 Å². The fourth-order valence-electron chi connectivity index (χ4n) is 3.30. The largest absolute Gasteiger partial charge is 0.338 e. The van der Waals surface area contributed by atoms with E-state index in [0.717, 1.165) is 15.9 Å². The zero-order chi connectivity index (χ0) is 22.1. The number of thiazole rings is 1. The van der Waals surface area contributed by atoms with Crippen molar-refractivity contribution in [3.8, 4) is 0 Å². The van der Waals surface area contributed by atoms with Gasteiger partial charge in [0.2, 0.25) is 5.95 Å². The summed E-state index contributed by atoms with van der Waals surface area (Å²) >= 11 is 4.76. The zero-order valence-corrected chi connectivity index (χ0v) is 19.2. The molecule has 0 atom stereocenters. The molecule has 0 bridgehead atoms. The first-order valence-electron chi connectivity index (χ1n) is 9.98. The first-order chi connectivity index (χ1) is 15.5. The molecule has 1 N–H and O–H groups in total. The van der Waals surface area contributed by atoms with Crippen molar-refractivity contribution in [3.05, 3.63) is 81.6 Å². The van der Waals surface area contributed by atoms with Gasteiger partial charge in [-0.3, -0.25) is 10.1 Å². The monoisotopic (exact) mass is 512 g/mol. The molecule has 7 nitrogen and oxygen atoms in total. The lowest BCUT2D eigenvalue weighted by molar-refractivity contribution is 0.101. The lowest BCUT2D eigenvalue weighted by atomic mass is 10.2. The van der Waals surface area contributed by atoms with Crippen LogP contribution < -0.4 is 5.32 Å². The van der Waals surface area contributed by atoms with E-state index in [1.54, 1.807) is 22.9 Å². The molecule has 4 aromatic rings. The molecule has 1 amide bonds. The van der Waals surface area contributed by atoms with Gasteiger partial charge in [0.1, 0.15) is 5.69 Å². The fraction of sp³-hybridized carbons (Fsp3) is 0.182. The first kappa shape index (κ1) is 20.8. The number of hydrogen-bond acceptors (Lipinski definition) is 5. The maximum Gasteiger partial charge on any atom is 0.274 e. The summed E-state index contributed by atoms with van der Waals surface area (Å²) in [5.74, 6) is -0.847. The average Bonchev–Trinajstić information content (AvgIpc) is 3.16. The Morgan fingerprint density at radius 3 is 2.91 bits per heavy atom. The number of pyridine rings is 1. The highest BCUT2D eigenvalue weighted by molar-refractivity contribution is 9.10. The first-order valence-corrected chi connectivity index (χ1v) is 11.7. The maximum absolute atomic E-state index is 13.4. The second-order valence-electron chi connectivity index (χ2n) is 7.50. The van der Waals surface area contributed by atoms with E-state index in [4.69, 9.17) is 0 Å². The molecule has 1 aliphatic rings. The highest BCUT2D eigenvalue weighted by Gasteiger charge is 2.23. The molecule has 0 unspecified atom stereocenters. The number of carbonyl (C=O) groups is 1. The molecule has 1 saturated carbocycles. The minimum absolute atomic E-state index is 0.293. The van der Waals surface area contributed by atoms with Gasteiger partial charge < -0.3 is 9.13 Å². The van der Waals surface area contributed by atoms with Gasteiger partial charge in [-0.15, -0.1) is 11.3 Å². The van der Waals surface area contributed by atoms with Crippen molar-refractivity contribution in [2.75, 3.05) is 5.32 Å². The smallest absolute Gasteiger partial charge is 0.274 e. The van der Waals surface area contributed by atoms with Crippen LogP contribution in [0, 0.1) is 5.95 Å². The van der Waals surface area contributed by atoms with Crippen LogP contribution in [-0.4, -0.2) is 30.0 Å². The van der Waals surface area contributed by atoms with Crippen LogP contribution in [0.4, 0.5) is 9.52 Å². The van der Waals surface area contributed by atoms with E-state index in [0.29, 0.717) is 29.0 Å². The van der Waals surface area contributed by atoms with Crippen molar-refractivity contribution in [1.29, 1.82) is 0 Å². The third kappa shape index (κ3) is 4.86. The van der Waals surface area contributed by atoms with Crippen LogP contribution in [-0.2, 0) is 6.54 Å². The van der Waals surface area contributed by atoms with Crippen LogP contribution in [0.2, 0.25) is 0 Å². The minimum Gasteiger partial charge on any atom is -0.338 e. The van der Waals surface area contributed by atoms with Gasteiger partial charge in [0.15, 0.2) is 5.13 Å². The Morgan fingerprint density at radius 1 is 1.25 bits per heavy atom. The van der Waals surface area contributed by atoms with E-state index in [1.165, 1.54) is 36.4 Å². The van der Waals surface area contributed by atoms with Crippen molar-refractivity contribution in [2.45, 2.75) is 25.4 Å². The number of nitrogens with zero attached hydrogens (tertiary/aromatic N) is 5. The number of hydrogen-bond donors (Lipinski definition) is 1. The molecule has 0 aromatic carbocycles. The number of aromatic nitrogens is 5. The third-order valence-electron chi connectivity index (χ3n) is 5.00. The Balaban J connectivity index is 1.26. The molecule has 0 saturated heterocycles. The minimum atomic E-state index is -0.553. The van der Waals surface area contributed by atoms with Crippen LogP contribution in [0.3, 0.4) is 0 Å². The number of carbonyl (C=O) groups excluding carboxylic acids is 1. The average molecular weight is 513 g/mol. The standard InChI is InChI=1S/C22H18BrFN6OS/c23-15-8-19(29(10-15)9-14-5-6-25-20(24)7-14)21(31)28-22-27-17(12-32-22)2-1-16-11-30(13-26-16)18-3-4-18/h1-2,5-8,10-13,18H,3-4,9H2,(H,27,28,31)/b2-1+. The lowest BCUT2D eigenvalue weighted by Crippen LogP contribution is -2.17. The number of imidazole rings is 1. The number of nitrogens with one attached hydrogen (secondary N) is 1. The second kappa shape index (κ2) is 8.79. The van der Waals surface area contributed by atoms with E-state index < -0.39 is 5.95 Å². The molecule has 1 fully saturated rings. The molecule has 5 rings (SSSR count).